The molecule has 3 nitrogen and oxygen atoms in total. The van der Waals surface area contributed by atoms with E-state index in [1.54, 1.807) is 13.8 Å². The number of carboxylic acid groups (broad SMARTS) is 1. The Morgan fingerprint density at radius 3 is 1.86 bits per heavy atom. The average Bonchev–Trinajstić information content (AvgIpc) is 2.49. The molecule has 0 amide bonds. The fourth-order valence-electron chi connectivity index (χ4n) is 1.76. The summed E-state index contributed by atoms with van der Waals surface area (Å²) in [5, 5.41) is 8.88. The van der Waals surface area contributed by atoms with E-state index in [-0.39, 0.29) is 5.78 Å². The van der Waals surface area contributed by atoms with Crippen molar-refractivity contribution in [3.05, 3.63) is 0 Å². The molecule has 0 unspecified atom stereocenters. The summed E-state index contributed by atoms with van der Waals surface area (Å²) in [5.41, 5.74) is -0.455. The van der Waals surface area contributed by atoms with Gasteiger partial charge in [-0.15, -0.1) is 0 Å². The quantitative estimate of drug-likeness (QED) is 0.735. The van der Waals surface area contributed by atoms with E-state index in [1.807, 2.05) is 0 Å². The number of carboxylic acids is 1. The second kappa shape index (κ2) is 3.56. The van der Waals surface area contributed by atoms with Gasteiger partial charge in [0.2, 0.25) is 0 Å². The highest BCUT2D eigenvalue weighted by Crippen LogP contribution is 2.61. The van der Waals surface area contributed by atoms with Crippen molar-refractivity contribution in [1.29, 1.82) is 0 Å². The van der Waals surface area contributed by atoms with Crippen LogP contribution in [0, 0.1) is 17.3 Å². The zero-order chi connectivity index (χ0) is 11.3. The number of carbonyl (C=O) groups excluding carboxylic acids is 1. The largest absolute Gasteiger partial charge is 0.481 e. The van der Waals surface area contributed by atoms with E-state index < -0.39 is 25.4 Å². The summed E-state index contributed by atoms with van der Waals surface area (Å²) >= 11 is 9.31. The molecule has 0 aromatic rings. The molecule has 1 aliphatic rings. The lowest BCUT2D eigenvalue weighted by atomic mass is 10.1. The normalized spacial score (nSPS) is 29.8. The lowest BCUT2D eigenvalue weighted by Gasteiger charge is -2.10. The first-order chi connectivity index (χ1) is 6.10. The van der Waals surface area contributed by atoms with Crippen LogP contribution in [-0.2, 0) is 9.59 Å². The summed E-state index contributed by atoms with van der Waals surface area (Å²) in [5.74, 6) is -2.12. The number of hydrogen-bond donors (Lipinski definition) is 1. The smallest absolute Gasteiger partial charge is 0.307 e. The molecule has 14 heavy (non-hydrogen) atoms. The predicted molar refractivity (Wildman–Crippen MR) is 62.9 cm³/mol. The number of carbonyl (C=O) groups is 2. The van der Waals surface area contributed by atoms with Crippen molar-refractivity contribution in [2.24, 2.45) is 17.3 Å². The van der Waals surface area contributed by atoms with Crippen LogP contribution < -0.4 is 0 Å². The third kappa shape index (κ3) is 2.07. The molecule has 0 aliphatic heterocycles. The summed E-state index contributed by atoms with van der Waals surface area (Å²) in [6, 6.07) is 0. The van der Waals surface area contributed by atoms with Gasteiger partial charge in [-0.2, -0.15) is 0 Å². The molecule has 0 heterocycles. The predicted octanol–water partition coefficient (Wildman–Crippen LogP) is 2.75. The summed E-state index contributed by atoms with van der Waals surface area (Å²) < 4.78 is -1.00. The van der Waals surface area contributed by atoms with Gasteiger partial charge in [-0.3, -0.25) is 9.59 Å². The minimum atomic E-state index is -1.00. The molecule has 1 aliphatic carbocycles. The van der Waals surface area contributed by atoms with Crippen LogP contribution in [0.5, 0.6) is 0 Å². The molecule has 0 bridgehead atoms. The van der Waals surface area contributed by atoms with Gasteiger partial charge in [0.05, 0.1) is 5.92 Å². The topological polar surface area (TPSA) is 54.4 Å². The minimum absolute atomic E-state index is 0.185. The van der Waals surface area contributed by atoms with Gasteiger partial charge in [0.25, 0.3) is 0 Å². The zero-order valence-corrected chi connectivity index (χ0v) is 12.3. The SMILES string of the molecule is CC1(C)[C@H](C(=O)C(Br)(Br)Br)[C@@H]1C(=O)O. The van der Waals surface area contributed by atoms with Gasteiger partial charge in [0.15, 0.2) is 7.93 Å². The van der Waals surface area contributed by atoms with Crippen LogP contribution in [0.4, 0.5) is 0 Å². The summed E-state index contributed by atoms with van der Waals surface area (Å²) in [7, 11) is 0. The highest BCUT2D eigenvalue weighted by molar-refractivity contribution is 9.40. The van der Waals surface area contributed by atoms with Crippen LogP contribution in [0.25, 0.3) is 0 Å². The standard InChI is InChI=1S/C8H9Br3O3/c1-7(2)3(4(7)6(13)14)5(12)8(9,10)11/h3-4H,1-2H3,(H,13,14)/t3-,4+/m0/s1. The monoisotopic (exact) mass is 390 g/mol. The van der Waals surface area contributed by atoms with Gasteiger partial charge >= 0.3 is 5.97 Å². The van der Waals surface area contributed by atoms with Crippen LogP contribution in [0.15, 0.2) is 0 Å². The van der Waals surface area contributed by atoms with Crippen molar-refractivity contribution in [1.82, 2.24) is 0 Å². The van der Waals surface area contributed by atoms with Crippen molar-refractivity contribution in [2.45, 2.75) is 16.0 Å². The summed E-state index contributed by atoms with van der Waals surface area (Å²) in [6.07, 6.45) is 0. The molecule has 0 aromatic heterocycles. The minimum Gasteiger partial charge on any atom is -0.481 e. The maximum absolute atomic E-state index is 11.8. The zero-order valence-electron chi connectivity index (χ0n) is 7.55. The second-order valence-corrected chi connectivity index (χ2v) is 10.7. The number of halogens is 3. The molecule has 1 saturated carbocycles. The fraction of sp³-hybridized carbons (Fsp3) is 0.750. The Labute approximate surface area is 107 Å². The van der Waals surface area contributed by atoms with Gasteiger partial charge in [-0.1, -0.05) is 61.6 Å². The lowest BCUT2D eigenvalue weighted by molar-refractivity contribution is -0.140. The Balaban J connectivity index is 2.85. The second-order valence-electron chi connectivity index (χ2n) is 3.98. The first kappa shape index (κ1) is 12.6. The highest BCUT2D eigenvalue weighted by atomic mass is 80.0. The van der Waals surface area contributed by atoms with Crippen LogP contribution in [-0.4, -0.2) is 19.0 Å². The number of alkyl halides is 3. The Kier molecular flexibility index (Phi) is 3.21. The van der Waals surface area contributed by atoms with E-state index in [1.165, 1.54) is 0 Å². The number of rotatable bonds is 2. The fourth-order valence-corrected chi connectivity index (χ4v) is 2.50. The van der Waals surface area contributed by atoms with Crippen molar-refractivity contribution in [3.8, 4) is 0 Å². The molecular weight excluding hydrogens is 384 g/mol. The molecule has 0 radical (unpaired) electrons. The third-order valence-electron chi connectivity index (χ3n) is 2.66. The molecule has 1 fully saturated rings. The van der Waals surface area contributed by atoms with Gasteiger partial charge in [-0.25, -0.2) is 0 Å². The summed E-state index contributed by atoms with van der Waals surface area (Å²) in [4.78, 5) is 22.6. The van der Waals surface area contributed by atoms with Gasteiger partial charge in [0.1, 0.15) is 0 Å². The molecule has 1 rings (SSSR count). The number of Topliss-reactive ketones (excluding diaryl/α,β-unsaturated/α-hetero) is 1. The Hall–Kier alpha value is 0.580. The summed E-state index contributed by atoms with van der Waals surface area (Å²) in [6.45, 7) is 3.57. The Morgan fingerprint density at radius 2 is 1.64 bits per heavy atom. The third-order valence-corrected chi connectivity index (χ3v) is 3.83. The maximum atomic E-state index is 11.8. The lowest BCUT2D eigenvalue weighted by Crippen LogP contribution is -2.22. The first-order valence-corrected chi connectivity index (χ1v) is 6.32. The number of aliphatic carboxylic acids is 1. The van der Waals surface area contributed by atoms with Gasteiger partial charge < -0.3 is 5.11 Å². The van der Waals surface area contributed by atoms with E-state index in [2.05, 4.69) is 47.8 Å². The Bertz CT molecular complexity index is 293. The van der Waals surface area contributed by atoms with E-state index >= 15 is 0 Å². The van der Waals surface area contributed by atoms with E-state index in [0.29, 0.717) is 0 Å². The van der Waals surface area contributed by atoms with Crippen LogP contribution in [0.1, 0.15) is 13.8 Å². The van der Waals surface area contributed by atoms with Crippen molar-refractivity contribution >= 4 is 59.5 Å². The van der Waals surface area contributed by atoms with Crippen molar-refractivity contribution in [3.63, 3.8) is 0 Å². The van der Waals surface area contributed by atoms with E-state index in [9.17, 15) is 9.59 Å². The molecule has 0 saturated heterocycles. The highest BCUT2D eigenvalue weighted by Gasteiger charge is 2.67. The van der Waals surface area contributed by atoms with Crippen LogP contribution in [0.2, 0.25) is 0 Å². The Morgan fingerprint density at radius 1 is 1.21 bits per heavy atom. The van der Waals surface area contributed by atoms with Gasteiger partial charge in [0, 0.05) is 5.92 Å². The van der Waals surface area contributed by atoms with Crippen LogP contribution in [0.3, 0.4) is 0 Å². The number of hydrogen-bond acceptors (Lipinski definition) is 2. The van der Waals surface area contributed by atoms with E-state index in [0.717, 1.165) is 0 Å². The van der Waals surface area contributed by atoms with Crippen molar-refractivity contribution in [2.75, 3.05) is 0 Å². The molecule has 6 heteroatoms. The van der Waals surface area contributed by atoms with Gasteiger partial charge in [-0.05, 0) is 5.41 Å². The number of ketones is 1. The molecule has 0 spiro atoms. The average molecular weight is 393 g/mol. The first-order valence-electron chi connectivity index (χ1n) is 3.94. The molecule has 0 aromatic carbocycles. The molecular formula is C8H9Br3O3. The molecule has 2 atom stereocenters. The van der Waals surface area contributed by atoms with E-state index in [4.69, 9.17) is 5.11 Å². The molecule has 80 valence electrons. The van der Waals surface area contributed by atoms with Crippen LogP contribution >= 0.6 is 47.8 Å². The molecule has 1 N–H and O–H groups in total. The maximum Gasteiger partial charge on any atom is 0.307 e. The van der Waals surface area contributed by atoms with Crippen molar-refractivity contribution < 1.29 is 14.7 Å².